The average molecular weight is 306 g/mol. The number of aliphatic hydroxyl groups excluding tert-OH is 1. The standard InChI is InChI=1S/C17H13F3O2/c18-17(19,20)12-6-8-13(9-7-12)22-15-10-5-11-3-1-2-4-14(11)16(15)21/h1-10,15-16,21H. The monoisotopic (exact) mass is 306 g/mol. The second-order valence-electron chi connectivity index (χ2n) is 5.04. The van der Waals surface area contributed by atoms with Gasteiger partial charge in [-0.25, -0.2) is 0 Å². The van der Waals surface area contributed by atoms with Crippen molar-refractivity contribution in [3.8, 4) is 5.75 Å². The van der Waals surface area contributed by atoms with Crippen molar-refractivity contribution in [1.82, 2.24) is 0 Å². The largest absolute Gasteiger partial charge is 0.483 e. The minimum atomic E-state index is -4.37. The predicted molar refractivity (Wildman–Crippen MR) is 76.3 cm³/mol. The van der Waals surface area contributed by atoms with Gasteiger partial charge < -0.3 is 9.84 Å². The van der Waals surface area contributed by atoms with Crippen LogP contribution in [0.4, 0.5) is 13.2 Å². The van der Waals surface area contributed by atoms with E-state index in [1.54, 1.807) is 12.1 Å². The topological polar surface area (TPSA) is 29.5 Å². The minimum absolute atomic E-state index is 0.279. The summed E-state index contributed by atoms with van der Waals surface area (Å²) in [6.45, 7) is 0. The van der Waals surface area contributed by atoms with Crippen molar-refractivity contribution in [2.45, 2.75) is 18.4 Å². The third kappa shape index (κ3) is 2.85. The molecule has 0 radical (unpaired) electrons. The fourth-order valence-corrected chi connectivity index (χ4v) is 2.40. The molecule has 2 atom stereocenters. The number of ether oxygens (including phenoxy) is 1. The Hall–Kier alpha value is -2.27. The van der Waals surface area contributed by atoms with E-state index in [-0.39, 0.29) is 5.75 Å². The number of fused-ring (bicyclic) bond motifs is 1. The Bertz CT molecular complexity index is 690. The van der Waals surface area contributed by atoms with Crippen LogP contribution in [0.15, 0.2) is 54.6 Å². The van der Waals surface area contributed by atoms with E-state index in [9.17, 15) is 18.3 Å². The maximum atomic E-state index is 12.5. The normalized spacial score (nSPS) is 20.5. The van der Waals surface area contributed by atoms with Crippen LogP contribution < -0.4 is 4.74 Å². The maximum Gasteiger partial charge on any atom is 0.416 e. The number of hydrogen-bond acceptors (Lipinski definition) is 2. The van der Waals surface area contributed by atoms with Gasteiger partial charge in [0.25, 0.3) is 0 Å². The van der Waals surface area contributed by atoms with E-state index in [1.807, 2.05) is 24.3 Å². The molecule has 0 aromatic heterocycles. The number of hydrogen-bond donors (Lipinski definition) is 1. The fourth-order valence-electron chi connectivity index (χ4n) is 2.40. The van der Waals surface area contributed by atoms with Crippen LogP contribution >= 0.6 is 0 Å². The van der Waals surface area contributed by atoms with Crippen LogP contribution in [0.1, 0.15) is 22.8 Å². The van der Waals surface area contributed by atoms with E-state index >= 15 is 0 Å². The van der Waals surface area contributed by atoms with Gasteiger partial charge in [-0.1, -0.05) is 30.3 Å². The Kier molecular flexibility index (Phi) is 3.66. The van der Waals surface area contributed by atoms with Crippen molar-refractivity contribution in [3.63, 3.8) is 0 Å². The van der Waals surface area contributed by atoms with Crippen molar-refractivity contribution >= 4 is 6.08 Å². The second kappa shape index (κ2) is 5.50. The Morgan fingerprint density at radius 3 is 2.32 bits per heavy atom. The Morgan fingerprint density at radius 2 is 1.64 bits per heavy atom. The molecule has 2 unspecified atom stereocenters. The molecule has 0 saturated carbocycles. The van der Waals surface area contributed by atoms with Crippen LogP contribution in [-0.4, -0.2) is 11.2 Å². The lowest BCUT2D eigenvalue weighted by atomic mass is 9.93. The molecule has 3 rings (SSSR count). The molecule has 1 aliphatic rings. The summed E-state index contributed by atoms with van der Waals surface area (Å²) < 4.78 is 43.1. The number of benzene rings is 2. The van der Waals surface area contributed by atoms with Crippen LogP contribution in [0.3, 0.4) is 0 Å². The first kappa shape index (κ1) is 14.7. The molecule has 0 amide bonds. The molecule has 2 nitrogen and oxygen atoms in total. The molecular formula is C17H13F3O2. The first-order chi connectivity index (χ1) is 10.4. The molecule has 5 heteroatoms. The molecule has 0 heterocycles. The first-order valence-electron chi connectivity index (χ1n) is 6.74. The lowest BCUT2D eigenvalue weighted by Gasteiger charge is -2.26. The summed E-state index contributed by atoms with van der Waals surface area (Å²) in [4.78, 5) is 0. The molecule has 2 aromatic rings. The Morgan fingerprint density at radius 1 is 0.955 bits per heavy atom. The van der Waals surface area contributed by atoms with Gasteiger partial charge >= 0.3 is 6.18 Å². The smallest absolute Gasteiger partial charge is 0.416 e. The molecule has 0 bridgehead atoms. The molecule has 0 saturated heterocycles. The van der Waals surface area contributed by atoms with E-state index in [4.69, 9.17) is 4.74 Å². The van der Waals surface area contributed by atoms with Crippen LogP contribution in [0.25, 0.3) is 6.08 Å². The molecule has 114 valence electrons. The molecule has 1 N–H and O–H groups in total. The molecule has 1 aliphatic carbocycles. The Balaban J connectivity index is 1.77. The number of halogens is 3. The van der Waals surface area contributed by atoms with Gasteiger partial charge in [0.1, 0.15) is 18.0 Å². The quantitative estimate of drug-likeness (QED) is 0.900. The fraction of sp³-hybridized carbons (Fsp3) is 0.176. The molecule has 0 fully saturated rings. The molecule has 2 aromatic carbocycles. The maximum absolute atomic E-state index is 12.5. The average Bonchev–Trinajstić information content (AvgIpc) is 2.50. The number of rotatable bonds is 2. The number of aliphatic hydroxyl groups is 1. The zero-order valence-electron chi connectivity index (χ0n) is 11.4. The highest BCUT2D eigenvalue weighted by molar-refractivity contribution is 5.58. The summed E-state index contributed by atoms with van der Waals surface area (Å²) in [5.74, 6) is 0.279. The van der Waals surface area contributed by atoms with Gasteiger partial charge in [-0.05, 0) is 41.5 Å². The van der Waals surface area contributed by atoms with Crippen LogP contribution in [0, 0.1) is 0 Å². The summed E-state index contributed by atoms with van der Waals surface area (Å²) in [6, 6.07) is 11.8. The summed E-state index contributed by atoms with van der Waals surface area (Å²) in [5, 5.41) is 10.3. The summed E-state index contributed by atoms with van der Waals surface area (Å²) >= 11 is 0. The van der Waals surface area contributed by atoms with Gasteiger partial charge in [0, 0.05) is 0 Å². The first-order valence-corrected chi connectivity index (χ1v) is 6.74. The van der Waals surface area contributed by atoms with Crippen molar-refractivity contribution in [3.05, 3.63) is 71.3 Å². The lowest BCUT2D eigenvalue weighted by Crippen LogP contribution is -2.26. The van der Waals surface area contributed by atoms with E-state index < -0.39 is 23.9 Å². The van der Waals surface area contributed by atoms with Gasteiger partial charge in [-0.2, -0.15) is 13.2 Å². The van der Waals surface area contributed by atoms with E-state index in [0.717, 1.165) is 23.3 Å². The summed E-state index contributed by atoms with van der Waals surface area (Å²) in [6.07, 6.45) is -2.33. The van der Waals surface area contributed by atoms with Gasteiger partial charge in [0.2, 0.25) is 0 Å². The lowest BCUT2D eigenvalue weighted by molar-refractivity contribution is -0.137. The summed E-state index contributed by atoms with van der Waals surface area (Å²) in [7, 11) is 0. The highest BCUT2D eigenvalue weighted by Crippen LogP contribution is 2.33. The van der Waals surface area contributed by atoms with Crippen molar-refractivity contribution in [2.24, 2.45) is 0 Å². The minimum Gasteiger partial charge on any atom is -0.483 e. The summed E-state index contributed by atoms with van der Waals surface area (Å²) in [5.41, 5.74) is 0.911. The number of alkyl halides is 3. The second-order valence-corrected chi connectivity index (χ2v) is 5.04. The van der Waals surface area contributed by atoms with Crippen molar-refractivity contribution in [1.29, 1.82) is 0 Å². The molecule has 0 spiro atoms. The zero-order valence-corrected chi connectivity index (χ0v) is 11.4. The molecular weight excluding hydrogens is 293 g/mol. The molecule has 0 aliphatic heterocycles. The SMILES string of the molecule is OC1c2ccccc2C=CC1Oc1ccc(C(F)(F)F)cc1. The third-order valence-corrected chi connectivity index (χ3v) is 3.55. The van der Waals surface area contributed by atoms with Crippen molar-refractivity contribution in [2.75, 3.05) is 0 Å². The highest BCUT2D eigenvalue weighted by atomic mass is 19.4. The zero-order chi connectivity index (χ0) is 15.7. The van der Waals surface area contributed by atoms with Crippen LogP contribution in [0.2, 0.25) is 0 Å². The van der Waals surface area contributed by atoms with Gasteiger partial charge in [-0.15, -0.1) is 0 Å². The van der Waals surface area contributed by atoms with Crippen LogP contribution in [-0.2, 0) is 6.18 Å². The van der Waals surface area contributed by atoms with Gasteiger partial charge in [0.05, 0.1) is 5.56 Å². The Labute approximate surface area is 125 Å². The molecule has 22 heavy (non-hydrogen) atoms. The third-order valence-electron chi connectivity index (χ3n) is 3.55. The van der Waals surface area contributed by atoms with Crippen molar-refractivity contribution < 1.29 is 23.0 Å². The van der Waals surface area contributed by atoms with E-state index in [2.05, 4.69) is 0 Å². The van der Waals surface area contributed by atoms with E-state index in [0.29, 0.717) is 0 Å². The predicted octanol–water partition coefficient (Wildman–Crippen LogP) is 4.21. The van der Waals surface area contributed by atoms with Gasteiger partial charge in [-0.3, -0.25) is 0 Å². The highest BCUT2D eigenvalue weighted by Gasteiger charge is 2.30. The van der Waals surface area contributed by atoms with Gasteiger partial charge in [0.15, 0.2) is 0 Å². The van der Waals surface area contributed by atoms with Crippen LogP contribution in [0.5, 0.6) is 5.75 Å². The van der Waals surface area contributed by atoms with E-state index in [1.165, 1.54) is 12.1 Å².